The Kier molecular flexibility index (Phi) is 3.83. The van der Waals surface area contributed by atoms with E-state index in [1.54, 1.807) is 6.92 Å². The molecular formula is C10H14ClF2N3O2S. The highest BCUT2D eigenvalue weighted by molar-refractivity contribution is 8.13. The molecule has 1 heterocycles. The zero-order valence-electron chi connectivity index (χ0n) is 10.3. The Morgan fingerprint density at radius 3 is 2.68 bits per heavy atom. The molecule has 5 nitrogen and oxygen atoms in total. The molecule has 1 unspecified atom stereocenters. The SMILES string of the molecule is CCn1c(C2CCCC(F)(F)C2)nnc1S(=O)(=O)Cl. The van der Waals surface area contributed by atoms with Crippen LogP contribution in [-0.4, -0.2) is 29.1 Å². The van der Waals surface area contributed by atoms with Gasteiger partial charge in [0.15, 0.2) is 0 Å². The van der Waals surface area contributed by atoms with Gasteiger partial charge in [-0.05, 0) is 19.8 Å². The second-order valence-corrected chi connectivity index (χ2v) is 7.13. The smallest absolute Gasteiger partial charge is 0.296 e. The third kappa shape index (κ3) is 3.05. The summed E-state index contributed by atoms with van der Waals surface area (Å²) in [6, 6.07) is 0. The van der Waals surface area contributed by atoms with E-state index >= 15 is 0 Å². The van der Waals surface area contributed by atoms with Gasteiger partial charge in [-0.2, -0.15) is 0 Å². The van der Waals surface area contributed by atoms with Gasteiger partial charge in [-0.1, -0.05) is 0 Å². The Morgan fingerprint density at radius 1 is 1.47 bits per heavy atom. The van der Waals surface area contributed by atoms with Gasteiger partial charge in [-0.15, -0.1) is 10.2 Å². The molecule has 0 aromatic carbocycles. The van der Waals surface area contributed by atoms with E-state index in [-0.39, 0.29) is 30.4 Å². The number of halogens is 3. The minimum atomic E-state index is -4.02. The maximum atomic E-state index is 13.4. The van der Waals surface area contributed by atoms with E-state index in [0.717, 1.165) is 0 Å². The summed E-state index contributed by atoms with van der Waals surface area (Å²) >= 11 is 0. The van der Waals surface area contributed by atoms with E-state index in [0.29, 0.717) is 12.8 Å². The molecule has 108 valence electrons. The third-order valence-electron chi connectivity index (χ3n) is 3.29. The number of rotatable bonds is 3. The lowest BCUT2D eigenvalue weighted by atomic mass is 9.86. The molecule has 1 aromatic heterocycles. The normalized spacial score (nSPS) is 23.5. The first kappa shape index (κ1) is 14.6. The molecule has 9 heteroatoms. The number of nitrogens with zero attached hydrogens (tertiary/aromatic N) is 3. The van der Waals surface area contributed by atoms with Gasteiger partial charge in [0.25, 0.3) is 14.2 Å². The lowest BCUT2D eigenvalue weighted by molar-refractivity contribution is -0.0421. The van der Waals surface area contributed by atoms with Crippen molar-refractivity contribution in [1.29, 1.82) is 0 Å². The zero-order chi connectivity index (χ0) is 14.3. The van der Waals surface area contributed by atoms with E-state index in [1.165, 1.54) is 4.57 Å². The van der Waals surface area contributed by atoms with Gasteiger partial charge in [-0.25, -0.2) is 17.2 Å². The van der Waals surface area contributed by atoms with Gasteiger partial charge in [0, 0.05) is 36.0 Å². The van der Waals surface area contributed by atoms with Crippen LogP contribution in [0.15, 0.2) is 5.16 Å². The molecule has 1 saturated carbocycles. The average Bonchev–Trinajstić information content (AvgIpc) is 2.70. The van der Waals surface area contributed by atoms with Crippen molar-refractivity contribution in [2.45, 2.75) is 56.1 Å². The van der Waals surface area contributed by atoms with Crippen LogP contribution < -0.4 is 0 Å². The molecule has 1 atom stereocenters. The molecule has 1 fully saturated rings. The van der Waals surface area contributed by atoms with Crippen molar-refractivity contribution in [2.24, 2.45) is 0 Å². The Hall–Kier alpha value is -0.760. The fourth-order valence-corrected chi connectivity index (χ4v) is 3.44. The van der Waals surface area contributed by atoms with Crippen molar-refractivity contribution in [3.05, 3.63) is 5.82 Å². The largest absolute Gasteiger partial charge is 0.301 e. The van der Waals surface area contributed by atoms with Crippen LogP contribution >= 0.6 is 10.7 Å². The van der Waals surface area contributed by atoms with Gasteiger partial charge in [0.1, 0.15) is 5.82 Å². The Morgan fingerprint density at radius 2 is 2.16 bits per heavy atom. The van der Waals surface area contributed by atoms with Gasteiger partial charge in [-0.3, -0.25) is 0 Å². The Labute approximate surface area is 114 Å². The standard InChI is InChI=1S/C10H14ClF2N3O2S/c1-2-16-8(14-15-9(16)19(11,17)18)7-4-3-5-10(12,13)6-7/h7H,2-6H2,1H3. The number of hydrogen-bond acceptors (Lipinski definition) is 4. The van der Waals surface area contributed by atoms with Crippen LogP contribution in [0.3, 0.4) is 0 Å². The molecule has 0 spiro atoms. The number of alkyl halides is 2. The van der Waals surface area contributed by atoms with Crippen LogP contribution in [0.1, 0.15) is 44.3 Å². The van der Waals surface area contributed by atoms with E-state index in [1.807, 2.05) is 0 Å². The Bertz CT molecular complexity index is 573. The maximum absolute atomic E-state index is 13.4. The molecule has 1 aliphatic rings. The average molecular weight is 314 g/mol. The summed E-state index contributed by atoms with van der Waals surface area (Å²) in [5.74, 6) is -2.93. The molecule has 2 rings (SSSR count). The van der Waals surface area contributed by atoms with Gasteiger partial charge in [0.05, 0.1) is 0 Å². The minimum absolute atomic E-state index is 0.134. The summed E-state index contributed by atoms with van der Waals surface area (Å²) in [6.07, 6.45) is 0.477. The van der Waals surface area contributed by atoms with E-state index in [9.17, 15) is 17.2 Å². The zero-order valence-corrected chi connectivity index (χ0v) is 11.9. The van der Waals surface area contributed by atoms with Crippen molar-refractivity contribution in [2.75, 3.05) is 0 Å². The van der Waals surface area contributed by atoms with Crippen molar-refractivity contribution in [3.8, 4) is 0 Å². The highest BCUT2D eigenvalue weighted by Gasteiger charge is 2.39. The van der Waals surface area contributed by atoms with Crippen molar-refractivity contribution >= 4 is 19.7 Å². The van der Waals surface area contributed by atoms with Crippen molar-refractivity contribution in [1.82, 2.24) is 14.8 Å². The summed E-state index contributed by atoms with van der Waals surface area (Å²) in [6.45, 7) is 1.96. The summed E-state index contributed by atoms with van der Waals surface area (Å²) in [4.78, 5) is 0. The lowest BCUT2D eigenvalue weighted by Crippen LogP contribution is -2.26. The predicted octanol–water partition coefficient (Wildman–Crippen LogP) is 2.52. The van der Waals surface area contributed by atoms with Crippen LogP contribution in [0, 0.1) is 0 Å². The first-order valence-corrected chi connectivity index (χ1v) is 8.31. The number of aromatic nitrogens is 3. The van der Waals surface area contributed by atoms with Crippen LogP contribution in [-0.2, 0) is 15.6 Å². The van der Waals surface area contributed by atoms with E-state index < -0.39 is 20.9 Å². The monoisotopic (exact) mass is 313 g/mol. The second kappa shape index (κ2) is 4.97. The summed E-state index contributed by atoms with van der Waals surface area (Å²) < 4.78 is 50.8. The van der Waals surface area contributed by atoms with Crippen LogP contribution in [0.4, 0.5) is 8.78 Å². The molecule has 1 aromatic rings. The minimum Gasteiger partial charge on any atom is -0.301 e. The first-order chi connectivity index (χ1) is 8.74. The molecular weight excluding hydrogens is 300 g/mol. The van der Waals surface area contributed by atoms with Crippen LogP contribution in [0.2, 0.25) is 0 Å². The highest BCUT2D eigenvalue weighted by Crippen LogP contribution is 2.41. The van der Waals surface area contributed by atoms with Crippen molar-refractivity contribution in [3.63, 3.8) is 0 Å². The fraction of sp³-hybridized carbons (Fsp3) is 0.800. The molecule has 19 heavy (non-hydrogen) atoms. The van der Waals surface area contributed by atoms with E-state index in [4.69, 9.17) is 10.7 Å². The van der Waals surface area contributed by atoms with Crippen molar-refractivity contribution < 1.29 is 17.2 Å². The first-order valence-electron chi connectivity index (χ1n) is 6.00. The summed E-state index contributed by atoms with van der Waals surface area (Å²) in [5, 5.41) is 6.91. The molecule has 1 aliphatic carbocycles. The quantitative estimate of drug-likeness (QED) is 0.804. The molecule has 0 radical (unpaired) electrons. The highest BCUT2D eigenvalue weighted by atomic mass is 35.7. The van der Waals surface area contributed by atoms with Crippen LogP contribution in [0.5, 0.6) is 0 Å². The molecule has 0 saturated heterocycles. The molecule has 0 bridgehead atoms. The van der Waals surface area contributed by atoms with Crippen LogP contribution in [0.25, 0.3) is 0 Å². The predicted molar refractivity (Wildman–Crippen MR) is 64.9 cm³/mol. The van der Waals surface area contributed by atoms with Gasteiger partial charge < -0.3 is 4.57 Å². The summed E-state index contributed by atoms with van der Waals surface area (Å²) in [5.41, 5.74) is 0. The van der Waals surface area contributed by atoms with Gasteiger partial charge in [0.2, 0.25) is 5.92 Å². The molecule has 0 N–H and O–H groups in total. The van der Waals surface area contributed by atoms with Gasteiger partial charge >= 0.3 is 0 Å². The third-order valence-corrected chi connectivity index (χ3v) is 4.44. The fourth-order valence-electron chi connectivity index (χ4n) is 2.47. The topological polar surface area (TPSA) is 64.8 Å². The number of hydrogen-bond donors (Lipinski definition) is 0. The maximum Gasteiger partial charge on any atom is 0.296 e. The van der Waals surface area contributed by atoms with E-state index in [2.05, 4.69) is 10.2 Å². The summed E-state index contributed by atoms with van der Waals surface area (Å²) in [7, 11) is 1.23. The molecule has 0 aliphatic heterocycles. The molecule has 0 amide bonds. The lowest BCUT2D eigenvalue weighted by Gasteiger charge is -2.28. The Balaban J connectivity index is 2.38. The second-order valence-electron chi connectivity index (χ2n) is 4.67.